The topological polar surface area (TPSA) is 9.23 Å². The van der Waals surface area contributed by atoms with Gasteiger partial charge in [0.25, 0.3) is 0 Å². The van der Waals surface area contributed by atoms with E-state index in [1.54, 1.807) is 0 Å². The van der Waals surface area contributed by atoms with Gasteiger partial charge in [-0.15, -0.1) is 11.8 Å². The van der Waals surface area contributed by atoms with Gasteiger partial charge in [-0.05, 0) is 30.5 Å². The predicted octanol–water partition coefficient (Wildman–Crippen LogP) is 3.99. The Bertz CT molecular complexity index is 353. The largest absolute Gasteiger partial charge is 0.494 e. The first-order chi connectivity index (χ1) is 7.77. The van der Waals surface area contributed by atoms with E-state index in [0.717, 1.165) is 25.2 Å². The highest BCUT2D eigenvalue weighted by atomic mass is 16.5. The molecule has 1 nitrogen and oxygen atoms in total. The van der Waals surface area contributed by atoms with Gasteiger partial charge < -0.3 is 4.74 Å². The lowest BCUT2D eigenvalue weighted by atomic mass is 9.98. The molecule has 0 amide bonds. The summed E-state index contributed by atoms with van der Waals surface area (Å²) in [6, 6.07) is 8.32. The number of benzene rings is 1. The van der Waals surface area contributed by atoms with Gasteiger partial charge in [0, 0.05) is 12.8 Å². The first kappa shape index (κ1) is 12.6. The molecule has 0 heterocycles. The smallest absolute Gasteiger partial charge is 0.119 e. The summed E-state index contributed by atoms with van der Waals surface area (Å²) in [7, 11) is 0. The van der Waals surface area contributed by atoms with E-state index < -0.39 is 0 Å². The van der Waals surface area contributed by atoms with E-state index in [2.05, 4.69) is 37.8 Å². The zero-order valence-electron chi connectivity index (χ0n) is 10.4. The summed E-state index contributed by atoms with van der Waals surface area (Å²) in [6.45, 7) is 7.00. The second-order valence-electron chi connectivity index (χ2n) is 3.81. The maximum absolute atomic E-state index is 5.41. The van der Waals surface area contributed by atoms with Crippen molar-refractivity contribution >= 4 is 0 Å². The molecule has 0 fully saturated rings. The Morgan fingerprint density at radius 2 is 1.81 bits per heavy atom. The second kappa shape index (κ2) is 6.95. The van der Waals surface area contributed by atoms with Crippen LogP contribution in [0.15, 0.2) is 24.3 Å². The molecule has 0 N–H and O–H groups in total. The Morgan fingerprint density at radius 3 is 2.38 bits per heavy atom. The van der Waals surface area contributed by atoms with Crippen molar-refractivity contribution in [2.24, 2.45) is 0 Å². The van der Waals surface area contributed by atoms with Gasteiger partial charge in [0.05, 0.1) is 6.61 Å². The van der Waals surface area contributed by atoms with E-state index in [-0.39, 0.29) is 0 Å². The molecule has 0 aliphatic carbocycles. The van der Waals surface area contributed by atoms with Crippen LogP contribution in [-0.4, -0.2) is 6.61 Å². The molecule has 1 atom stereocenters. The molecule has 0 aliphatic heterocycles. The van der Waals surface area contributed by atoms with Crippen molar-refractivity contribution in [2.75, 3.05) is 6.61 Å². The van der Waals surface area contributed by atoms with Gasteiger partial charge in [0.2, 0.25) is 0 Å². The zero-order valence-corrected chi connectivity index (χ0v) is 10.4. The molecule has 0 spiro atoms. The van der Waals surface area contributed by atoms with Crippen LogP contribution in [0.25, 0.3) is 0 Å². The molecule has 0 saturated carbocycles. The van der Waals surface area contributed by atoms with Crippen LogP contribution in [0.3, 0.4) is 0 Å². The van der Waals surface area contributed by atoms with E-state index in [4.69, 9.17) is 4.74 Å². The van der Waals surface area contributed by atoms with Crippen molar-refractivity contribution in [3.05, 3.63) is 29.8 Å². The van der Waals surface area contributed by atoms with Crippen molar-refractivity contribution in [3.8, 4) is 17.6 Å². The third kappa shape index (κ3) is 3.98. The summed E-state index contributed by atoms with van der Waals surface area (Å²) in [4.78, 5) is 0. The molecule has 86 valence electrons. The summed E-state index contributed by atoms with van der Waals surface area (Å²) < 4.78 is 5.41. The molecular formula is C15H20O. The van der Waals surface area contributed by atoms with Crippen molar-refractivity contribution in [1.82, 2.24) is 0 Å². The lowest BCUT2D eigenvalue weighted by Gasteiger charge is -2.09. The highest BCUT2D eigenvalue weighted by molar-refractivity contribution is 5.29. The van der Waals surface area contributed by atoms with Crippen LogP contribution in [0.2, 0.25) is 0 Å². The highest BCUT2D eigenvalue weighted by Gasteiger charge is 2.03. The minimum atomic E-state index is 0.495. The minimum absolute atomic E-state index is 0.495. The first-order valence-electron chi connectivity index (χ1n) is 5.96. The van der Waals surface area contributed by atoms with Gasteiger partial charge in [0.15, 0.2) is 0 Å². The van der Waals surface area contributed by atoms with Crippen LogP contribution in [0, 0.1) is 11.8 Å². The van der Waals surface area contributed by atoms with Crippen molar-refractivity contribution < 1.29 is 4.74 Å². The second-order valence-corrected chi connectivity index (χ2v) is 3.81. The monoisotopic (exact) mass is 216 g/mol. The van der Waals surface area contributed by atoms with Crippen LogP contribution in [0.4, 0.5) is 0 Å². The summed E-state index contributed by atoms with van der Waals surface area (Å²) >= 11 is 0. The fourth-order valence-electron chi connectivity index (χ4n) is 1.53. The normalized spacial score (nSPS) is 11.4. The average Bonchev–Trinajstić information content (AvgIpc) is 2.30. The number of hydrogen-bond acceptors (Lipinski definition) is 1. The Kier molecular flexibility index (Phi) is 5.50. The SMILES string of the molecule is CCC#CCC(C)c1ccc(OCC)cc1. The van der Waals surface area contributed by atoms with Crippen LogP contribution in [-0.2, 0) is 0 Å². The van der Waals surface area contributed by atoms with Crippen LogP contribution >= 0.6 is 0 Å². The molecule has 0 radical (unpaired) electrons. The fourth-order valence-corrected chi connectivity index (χ4v) is 1.53. The van der Waals surface area contributed by atoms with Gasteiger partial charge in [-0.2, -0.15) is 0 Å². The van der Waals surface area contributed by atoms with Gasteiger partial charge in [-0.3, -0.25) is 0 Å². The van der Waals surface area contributed by atoms with Crippen molar-refractivity contribution in [1.29, 1.82) is 0 Å². The fraction of sp³-hybridized carbons (Fsp3) is 0.467. The quantitative estimate of drug-likeness (QED) is 0.691. The summed E-state index contributed by atoms with van der Waals surface area (Å²) in [5, 5.41) is 0. The molecule has 1 heteroatoms. The molecule has 0 aliphatic rings. The van der Waals surface area contributed by atoms with E-state index in [9.17, 15) is 0 Å². The predicted molar refractivity (Wildman–Crippen MR) is 68.7 cm³/mol. The Labute approximate surface area is 98.8 Å². The van der Waals surface area contributed by atoms with E-state index >= 15 is 0 Å². The Hall–Kier alpha value is -1.42. The van der Waals surface area contributed by atoms with E-state index in [1.165, 1.54) is 5.56 Å². The summed E-state index contributed by atoms with van der Waals surface area (Å²) in [6.07, 6.45) is 1.87. The van der Waals surface area contributed by atoms with Gasteiger partial charge >= 0.3 is 0 Å². The standard InChI is InChI=1S/C15H20O/c1-4-6-7-8-13(3)14-9-11-15(12-10-14)16-5-2/h9-13H,4-5,8H2,1-3H3. The van der Waals surface area contributed by atoms with Crippen LogP contribution < -0.4 is 4.74 Å². The van der Waals surface area contributed by atoms with E-state index in [1.807, 2.05) is 19.1 Å². The molecule has 0 bridgehead atoms. The Balaban J connectivity index is 2.59. The van der Waals surface area contributed by atoms with Crippen molar-refractivity contribution in [3.63, 3.8) is 0 Å². The number of rotatable bonds is 4. The van der Waals surface area contributed by atoms with E-state index in [0.29, 0.717) is 5.92 Å². The lowest BCUT2D eigenvalue weighted by Crippen LogP contribution is -1.94. The van der Waals surface area contributed by atoms with Gasteiger partial charge in [-0.1, -0.05) is 26.0 Å². The molecule has 16 heavy (non-hydrogen) atoms. The molecule has 0 aromatic heterocycles. The van der Waals surface area contributed by atoms with Gasteiger partial charge in [-0.25, -0.2) is 0 Å². The maximum Gasteiger partial charge on any atom is 0.119 e. The highest BCUT2D eigenvalue weighted by Crippen LogP contribution is 2.21. The minimum Gasteiger partial charge on any atom is -0.494 e. The number of hydrogen-bond donors (Lipinski definition) is 0. The van der Waals surface area contributed by atoms with Crippen LogP contribution in [0.1, 0.15) is 45.1 Å². The third-order valence-electron chi connectivity index (χ3n) is 2.47. The molecule has 1 rings (SSSR count). The average molecular weight is 216 g/mol. The molecule has 1 aromatic carbocycles. The zero-order chi connectivity index (χ0) is 11.8. The first-order valence-corrected chi connectivity index (χ1v) is 5.96. The summed E-state index contributed by atoms with van der Waals surface area (Å²) in [5.41, 5.74) is 1.33. The van der Waals surface area contributed by atoms with Crippen LogP contribution in [0.5, 0.6) is 5.75 Å². The Morgan fingerprint density at radius 1 is 1.12 bits per heavy atom. The number of ether oxygens (including phenoxy) is 1. The third-order valence-corrected chi connectivity index (χ3v) is 2.47. The maximum atomic E-state index is 5.41. The molecule has 1 aromatic rings. The van der Waals surface area contributed by atoms with Gasteiger partial charge in [0.1, 0.15) is 5.75 Å². The molecule has 0 saturated heterocycles. The lowest BCUT2D eigenvalue weighted by molar-refractivity contribution is 0.340. The molecular weight excluding hydrogens is 196 g/mol. The van der Waals surface area contributed by atoms with Crippen molar-refractivity contribution in [2.45, 2.75) is 39.5 Å². The molecule has 1 unspecified atom stereocenters. The summed E-state index contributed by atoms with van der Waals surface area (Å²) in [5.74, 6) is 7.74.